The molecular weight excluding hydrogens is 232 g/mol. The van der Waals surface area contributed by atoms with Crippen molar-refractivity contribution >= 4 is 11.9 Å². The van der Waals surface area contributed by atoms with Gasteiger partial charge in [-0.15, -0.1) is 0 Å². The third-order valence-corrected chi connectivity index (χ3v) is 2.46. The summed E-state index contributed by atoms with van der Waals surface area (Å²) in [7, 11) is 1.33. The molecule has 18 heavy (non-hydrogen) atoms. The molecule has 0 bridgehead atoms. The van der Waals surface area contributed by atoms with Crippen molar-refractivity contribution in [2.24, 2.45) is 0 Å². The predicted molar refractivity (Wildman–Crippen MR) is 65.9 cm³/mol. The molecule has 0 aromatic carbocycles. The van der Waals surface area contributed by atoms with Gasteiger partial charge in [-0.05, 0) is 12.5 Å². The zero-order valence-electron chi connectivity index (χ0n) is 10.8. The van der Waals surface area contributed by atoms with E-state index >= 15 is 0 Å². The van der Waals surface area contributed by atoms with Gasteiger partial charge >= 0.3 is 5.97 Å². The van der Waals surface area contributed by atoms with Gasteiger partial charge in [-0.3, -0.25) is 4.79 Å². The fraction of sp³-hybridized carbons (Fsp3) is 0.462. The molecule has 0 fully saturated rings. The number of aromatic nitrogens is 1. The summed E-state index contributed by atoms with van der Waals surface area (Å²) in [6.45, 7) is 2.96. The molecule has 1 rings (SSSR count). The molecule has 0 radical (unpaired) electrons. The van der Waals surface area contributed by atoms with E-state index in [2.05, 4.69) is 17.0 Å². The molecule has 0 spiro atoms. The van der Waals surface area contributed by atoms with E-state index in [1.165, 1.54) is 7.11 Å². The van der Waals surface area contributed by atoms with Gasteiger partial charge in [0.05, 0.1) is 7.11 Å². The first kappa shape index (κ1) is 14.2. The molecule has 1 amide bonds. The summed E-state index contributed by atoms with van der Waals surface area (Å²) in [6.07, 6.45) is 5.36. The number of carbonyl (C=O) groups is 2. The number of esters is 1. The van der Waals surface area contributed by atoms with Gasteiger partial charge in [-0.25, -0.2) is 4.79 Å². The lowest BCUT2D eigenvalue weighted by Gasteiger charge is -2.02. The second-order valence-electron chi connectivity index (χ2n) is 3.96. The molecule has 1 heterocycles. The number of nitrogens with zero attached hydrogens (tertiary/aromatic N) is 1. The van der Waals surface area contributed by atoms with Crippen molar-refractivity contribution in [1.29, 1.82) is 0 Å². The highest BCUT2D eigenvalue weighted by atomic mass is 16.5. The quantitative estimate of drug-likeness (QED) is 0.459. The first-order chi connectivity index (χ1) is 8.67. The topological polar surface area (TPSA) is 59.3 Å². The standard InChI is InChI=1S/C13H18N2O3/c1-3-4-7-14-12(16)10-15-8-5-6-11(9-15)13(17)18-2/h5-6,8-9H,3-4,7,10H2,1-2H3/p+1. The van der Waals surface area contributed by atoms with Crippen LogP contribution in [0.2, 0.25) is 0 Å². The van der Waals surface area contributed by atoms with Crippen LogP contribution in [0.25, 0.3) is 0 Å². The Bertz CT molecular complexity index is 418. The van der Waals surface area contributed by atoms with Gasteiger partial charge in [0, 0.05) is 12.6 Å². The molecule has 0 unspecified atom stereocenters. The zero-order valence-corrected chi connectivity index (χ0v) is 10.8. The van der Waals surface area contributed by atoms with E-state index in [0.29, 0.717) is 12.1 Å². The van der Waals surface area contributed by atoms with E-state index in [1.54, 1.807) is 29.1 Å². The molecular formula is C13H19N2O3+. The number of hydrogen-bond donors (Lipinski definition) is 1. The number of rotatable bonds is 6. The maximum atomic E-state index is 11.6. The highest BCUT2D eigenvalue weighted by molar-refractivity contribution is 5.88. The van der Waals surface area contributed by atoms with Crippen LogP contribution in [-0.4, -0.2) is 25.5 Å². The van der Waals surface area contributed by atoms with E-state index in [1.807, 2.05) is 0 Å². The Morgan fingerprint density at radius 2 is 2.22 bits per heavy atom. The largest absolute Gasteiger partial charge is 0.465 e. The van der Waals surface area contributed by atoms with Crippen LogP contribution in [0, 0.1) is 0 Å². The Balaban J connectivity index is 2.56. The van der Waals surface area contributed by atoms with Crippen LogP contribution < -0.4 is 9.88 Å². The molecule has 0 aliphatic carbocycles. The summed E-state index contributed by atoms with van der Waals surface area (Å²) in [5.74, 6) is -0.466. The van der Waals surface area contributed by atoms with Gasteiger partial charge in [0.2, 0.25) is 6.54 Å². The minimum atomic E-state index is -0.407. The van der Waals surface area contributed by atoms with Gasteiger partial charge in [0.1, 0.15) is 5.56 Å². The first-order valence-corrected chi connectivity index (χ1v) is 6.01. The summed E-state index contributed by atoms with van der Waals surface area (Å²) >= 11 is 0. The Kier molecular flexibility index (Phi) is 5.84. The van der Waals surface area contributed by atoms with E-state index in [0.717, 1.165) is 12.8 Å². The number of hydrogen-bond acceptors (Lipinski definition) is 3. The number of nitrogens with one attached hydrogen (secondary N) is 1. The predicted octanol–water partition coefficient (Wildman–Crippen LogP) is 0.677. The Labute approximate surface area is 107 Å². The van der Waals surface area contributed by atoms with Crippen molar-refractivity contribution in [3.05, 3.63) is 30.1 Å². The lowest BCUT2D eigenvalue weighted by atomic mass is 10.3. The minimum absolute atomic E-state index is 0.0598. The van der Waals surface area contributed by atoms with Gasteiger partial charge in [0.15, 0.2) is 12.4 Å². The molecule has 1 N–H and O–H groups in total. The fourth-order valence-corrected chi connectivity index (χ4v) is 1.49. The molecule has 0 saturated carbocycles. The minimum Gasteiger partial charge on any atom is -0.465 e. The molecule has 1 aromatic rings. The maximum absolute atomic E-state index is 11.6. The Morgan fingerprint density at radius 1 is 1.44 bits per heavy atom. The van der Waals surface area contributed by atoms with E-state index in [9.17, 15) is 9.59 Å². The van der Waals surface area contributed by atoms with Crippen LogP contribution in [-0.2, 0) is 16.1 Å². The number of unbranched alkanes of at least 4 members (excludes halogenated alkanes) is 1. The van der Waals surface area contributed by atoms with Crippen LogP contribution in [0.1, 0.15) is 30.1 Å². The third kappa shape index (κ3) is 4.53. The van der Waals surface area contributed by atoms with Crippen molar-refractivity contribution in [3.63, 3.8) is 0 Å². The smallest absolute Gasteiger partial charge is 0.343 e. The summed E-state index contributed by atoms with van der Waals surface area (Å²) in [5, 5.41) is 2.82. The number of methoxy groups -OCH3 is 1. The van der Waals surface area contributed by atoms with E-state index < -0.39 is 5.97 Å². The second-order valence-corrected chi connectivity index (χ2v) is 3.96. The van der Waals surface area contributed by atoms with Crippen LogP contribution in [0.5, 0.6) is 0 Å². The molecule has 0 saturated heterocycles. The van der Waals surface area contributed by atoms with Crippen LogP contribution >= 0.6 is 0 Å². The van der Waals surface area contributed by atoms with E-state index in [4.69, 9.17) is 0 Å². The molecule has 5 heteroatoms. The zero-order chi connectivity index (χ0) is 13.4. The molecule has 5 nitrogen and oxygen atoms in total. The van der Waals surface area contributed by atoms with Crippen molar-refractivity contribution in [2.75, 3.05) is 13.7 Å². The monoisotopic (exact) mass is 251 g/mol. The molecule has 1 aromatic heterocycles. The number of pyridine rings is 1. The van der Waals surface area contributed by atoms with Crippen molar-refractivity contribution in [3.8, 4) is 0 Å². The average molecular weight is 251 g/mol. The normalized spacial score (nSPS) is 9.89. The molecule has 0 atom stereocenters. The number of amides is 1. The lowest BCUT2D eigenvalue weighted by molar-refractivity contribution is -0.684. The third-order valence-electron chi connectivity index (χ3n) is 2.46. The summed E-state index contributed by atoms with van der Waals surface area (Å²) < 4.78 is 6.28. The van der Waals surface area contributed by atoms with Gasteiger partial charge in [0.25, 0.3) is 5.91 Å². The number of carbonyl (C=O) groups excluding carboxylic acids is 2. The van der Waals surface area contributed by atoms with Crippen molar-refractivity contribution < 1.29 is 18.9 Å². The highest BCUT2D eigenvalue weighted by Gasteiger charge is 2.13. The fourth-order valence-electron chi connectivity index (χ4n) is 1.49. The van der Waals surface area contributed by atoms with Crippen LogP contribution in [0.4, 0.5) is 0 Å². The van der Waals surface area contributed by atoms with Crippen molar-refractivity contribution in [2.45, 2.75) is 26.3 Å². The SMILES string of the molecule is CCCCNC(=O)C[n+]1cccc(C(=O)OC)c1. The first-order valence-electron chi connectivity index (χ1n) is 6.01. The summed E-state index contributed by atoms with van der Waals surface area (Å²) in [4.78, 5) is 22.9. The summed E-state index contributed by atoms with van der Waals surface area (Å²) in [6, 6.07) is 3.36. The number of ether oxygens (including phenoxy) is 1. The Hall–Kier alpha value is -1.91. The van der Waals surface area contributed by atoms with Gasteiger partial charge in [-0.2, -0.15) is 4.57 Å². The Morgan fingerprint density at radius 3 is 2.89 bits per heavy atom. The van der Waals surface area contributed by atoms with Gasteiger partial charge < -0.3 is 10.1 Å². The second kappa shape index (κ2) is 7.42. The molecule has 0 aliphatic rings. The molecule has 98 valence electrons. The lowest BCUT2D eigenvalue weighted by Crippen LogP contribution is -2.43. The van der Waals surface area contributed by atoms with Crippen LogP contribution in [0.3, 0.4) is 0 Å². The van der Waals surface area contributed by atoms with Crippen molar-refractivity contribution in [1.82, 2.24) is 5.32 Å². The highest BCUT2D eigenvalue weighted by Crippen LogP contribution is 1.96. The molecule has 0 aliphatic heterocycles. The van der Waals surface area contributed by atoms with Gasteiger partial charge in [-0.1, -0.05) is 13.3 Å². The summed E-state index contributed by atoms with van der Waals surface area (Å²) in [5.41, 5.74) is 0.432. The average Bonchev–Trinajstić information content (AvgIpc) is 2.38. The maximum Gasteiger partial charge on any atom is 0.343 e. The van der Waals surface area contributed by atoms with E-state index in [-0.39, 0.29) is 12.5 Å². The van der Waals surface area contributed by atoms with Crippen LogP contribution in [0.15, 0.2) is 24.5 Å².